The molecular formula is C19H19N5O2. The summed E-state index contributed by atoms with van der Waals surface area (Å²) in [5.74, 6) is -0.669. The fourth-order valence-electron chi connectivity index (χ4n) is 2.52. The van der Waals surface area contributed by atoms with Crippen molar-refractivity contribution in [3.63, 3.8) is 0 Å². The van der Waals surface area contributed by atoms with E-state index in [9.17, 15) is 9.59 Å². The molecule has 7 heteroatoms. The summed E-state index contributed by atoms with van der Waals surface area (Å²) in [4.78, 5) is 34.7. The van der Waals surface area contributed by atoms with Gasteiger partial charge in [-0.2, -0.15) is 0 Å². The fraction of sp³-hybridized carbons (Fsp3) is 0.158. The number of hydrogen-bond acceptors (Lipinski definition) is 4. The summed E-state index contributed by atoms with van der Waals surface area (Å²) in [5, 5.41) is 3.68. The number of fused-ring (bicyclic) bond motifs is 1. The van der Waals surface area contributed by atoms with E-state index >= 15 is 0 Å². The molecule has 0 spiro atoms. The molecule has 2 amide bonds. The Morgan fingerprint density at radius 2 is 2.04 bits per heavy atom. The Kier molecular flexibility index (Phi) is 4.79. The second kappa shape index (κ2) is 7.18. The molecule has 0 saturated heterocycles. The minimum Gasteiger partial charge on any atom is -0.366 e. The summed E-state index contributed by atoms with van der Waals surface area (Å²) in [7, 11) is 0. The SMILES string of the molecule is CC(C)NC(=O)c1ccc(-c2cnc3[nH]cc(/C=C/C(N)=O)c3c2)nc1. The zero-order chi connectivity index (χ0) is 18.7. The van der Waals surface area contributed by atoms with Crippen LogP contribution in [0.4, 0.5) is 0 Å². The maximum Gasteiger partial charge on any atom is 0.253 e. The Balaban J connectivity index is 1.91. The highest BCUT2D eigenvalue weighted by molar-refractivity contribution is 5.96. The summed E-state index contributed by atoms with van der Waals surface area (Å²) in [6.07, 6.45) is 7.95. The van der Waals surface area contributed by atoms with Crippen molar-refractivity contribution in [1.82, 2.24) is 20.3 Å². The maximum absolute atomic E-state index is 12.0. The number of aromatic nitrogens is 3. The van der Waals surface area contributed by atoms with Gasteiger partial charge in [-0.3, -0.25) is 14.6 Å². The highest BCUT2D eigenvalue weighted by Gasteiger charge is 2.10. The van der Waals surface area contributed by atoms with Gasteiger partial charge in [0.2, 0.25) is 5.91 Å². The van der Waals surface area contributed by atoms with E-state index in [0.717, 1.165) is 16.5 Å². The van der Waals surface area contributed by atoms with Crippen molar-refractivity contribution >= 4 is 28.9 Å². The van der Waals surface area contributed by atoms with Crippen LogP contribution >= 0.6 is 0 Å². The lowest BCUT2D eigenvalue weighted by Crippen LogP contribution is -2.30. The first kappa shape index (κ1) is 17.3. The number of H-pyrrole nitrogens is 1. The van der Waals surface area contributed by atoms with E-state index in [1.54, 1.807) is 36.8 Å². The van der Waals surface area contributed by atoms with Crippen molar-refractivity contribution in [2.45, 2.75) is 19.9 Å². The summed E-state index contributed by atoms with van der Waals surface area (Å²) in [5.41, 5.74) is 8.67. The molecular weight excluding hydrogens is 330 g/mol. The van der Waals surface area contributed by atoms with Gasteiger partial charge in [-0.05, 0) is 38.1 Å². The van der Waals surface area contributed by atoms with Gasteiger partial charge in [-0.25, -0.2) is 4.98 Å². The molecule has 0 bridgehead atoms. The van der Waals surface area contributed by atoms with Crippen LogP contribution in [0.25, 0.3) is 28.4 Å². The van der Waals surface area contributed by atoms with E-state index in [1.807, 2.05) is 19.9 Å². The minimum absolute atomic E-state index is 0.0641. The number of nitrogens with zero attached hydrogens (tertiary/aromatic N) is 2. The van der Waals surface area contributed by atoms with Gasteiger partial charge in [0.1, 0.15) is 5.65 Å². The molecule has 7 nitrogen and oxygen atoms in total. The van der Waals surface area contributed by atoms with Crippen molar-refractivity contribution in [2.24, 2.45) is 5.73 Å². The van der Waals surface area contributed by atoms with E-state index in [4.69, 9.17) is 5.73 Å². The lowest BCUT2D eigenvalue weighted by atomic mass is 10.1. The second-order valence-corrected chi connectivity index (χ2v) is 6.16. The average molecular weight is 349 g/mol. The topological polar surface area (TPSA) is 114 Å². The Hall–Kier alpha value is -3.48. The van der Waals surface area contributed by atoms with Gasteiger partial charge in [0.05, 0.1) is 11.3 Å². The van der Waals surface area contributed by atoms with Crippen LogP contribution in [0.5, 0.6) is 0 Å². The third-order valence-electron chi connectivity index (χ3n) is 3.73. The van der Waals surface area contributed by atoms with Crippen LogP contribution in [0.15, 0.2) is 42.9 Å². The van der Waals surface area contributed by atoms with Crippen LogP contribution in [0, 0.1) is 0 Å². The molecule has 0 unspecified atom stereocenters. The minimum atomic E-state index is -0.514. The molecule has 0 fully saturated rings. The van der Waals surface area contributed by atoms with Crippen molar-refractivity contribution in [3.05, 3.63) is 54.0 Å². The van der Waals surface area contributed by atoms with E-state index < -0.39 is 5.91 Å². The Morgan fingerprint density at radius 1 is 1.23 bits per heavy atom. The van der Waals surface area contributed by atoms with Crippen LogP contribution in [-0.2, 0) is 4.79 Å². The van der Waals surface area contributed by atoms with E-state index in [0.29, 0.717) is 16.9 Å². The number of primary amides is 1. The first-order valence-corrected chi connectivity index (χ1v) is 8.16. The zero-order valence-electron chi connectivity index (χ0n) is 14.5. The summed E-state index contributed by atoms with van der Waals surface area (Å²) in [6.45, 7) is 3.81. The third-order valence-corrected chi connectivity index (χ3v) is 3.73. The van der Waals surface area contributed by atoms with Gasteiger partial charge in [-0.15, -0.1) is 0 Å². The molecule has 0 saturated carbocycles. The average Bonchev–Trinajstić information content (AvgIpc) is 3.01. The molecule has 0 aliphatic heterocycles. The van der Waals surface area contributed by atoms with Crippen molar-refractivity contribution in [2.75, 3.05) is 0 Å². The summed E-state index contributed by atoms with van der Waals surface area (Å²) in [6, 6.07) is 5.50. The Bertz CT molecular complexity index is 987. The van der Waals surface area contributed by atoms with Gasteiger partial charge >= 0.3 is 0 Å². The van der Waals surface area contributed by atoms with Crippen LogP contribution in [0.3, 0.4) is 0 Å². The molecule has 26 heavy (non-hydrogen) atoms. The third kappa shape index (κ3) is 3.77. The molecule has 3 aromatic heterocycles. The number of hydrogen-bond donors (Lipinski definition) is 3. The van der Waals surface area contributed by atoms with Crippen LogP contribution in [0.1, 0.15) is 29.8 Å². The van der Waals surface area contributed by atoms with Gasteiger partial charge in [0.15, 0.2) is 0 Å². The fourth-order valence-corrected chi connectivity index (χ4v) is 2.52. The molecule has 0 atom stereocenters. The van der Waals surface area contributed by atoms with Crippen molar-refractivity contribution in [1.29, 1.82) is 0 Å². The second-order valence-electron chi connectivity index (χ2n) is 6.16. The Morgan fingerprint density at radius 3 is 2.69 bits per heavy atom. The predicted molar refractivity (Wildman–Crippen MR) is 100 cm³/mol. The molecule has 3 heterocycles. The molecule has 0 aliphatic carbocycles. The summed E-state index contributed by atoms with van der Waals surface area (Å²) < 4.78 is 0. The largest absolute Gasteiger partial charge is 0.366 e. The highest BCUT2D eigenvalue weighted by Crippen LogP contribution is 2.24. The molecule has 132 valence electrons. The number of nitrogens with two attached hydrogens (primary N) is 1. The predicted octanol–water partition coefficient (Wildman–Crippen LogP) is 2.26. The number of carbonyl (C=O) groups is 2. The van der Waals surface area contributed by atoms with E-state index in [1.165, 1.54) is 6.08 Å². The van der Waals surface area contributed by atoms with E-state index in [-0.39, 0.29) is 11.9 Å². The maximum atomic E-state index is 12.0. The molecule has 0 aliphatic rings. The normalized spacial score (nSPS) is 11.3. The van der Waals surface area contributed by atoms with Gasteiger partial charge in [-0.1, -0.05) is 0 Å². The van der Waals surface area contributed by atoms with Gasteiger partial charge in [0.25, 0.3) is 5.91 Å². The van der Waals surface area contributed by atoms with Crippen LogP contribution in [-0.4, -0.2) is 32.8 Å². The smallest absolute Gasteiger partial charge is 0.253 e. The van der Waals surface area contributed by atoms with Crippen molar-refractivity contribution in [3.8, 4) is 11.3 Å². The molecule has 0 aromatic carbocycles. The molecule has 3 aromatic rings. The standard InChI is InChI=1S/C19H19N5O2/c1-11(2)24-19(26)13-3-5-16(21-9-13)14-7-15-12(4-6-17(20)25)8-22-18(15)23-10-14/h3-11H,1-2H3,(H2,20,25)(H,22,23)(H,24,26)/b6-4+. The number of amides is 2. The monoisotopic (exact) mass is 349 g/mol. The Labute approximate surface area is 150 Å². The summed E-state index contributed by atoms with van der Waals surface area (Å²) >= 11 is 0. The molecule has 0 radical (unpaired) electrons. The lowest BCUT2D eigenvalue weighted by Gasteiger charge is -2.08. The zero-order valence-corrected chi connectivity index (χ0v) is 14.5. The van der Waals surface area contributed by atoms with Gasteiger partial charge in [0, 0.05) is 47.2 Å². The quantitative estimate of drug-likeness (QED) is 0.613. The highest BCUT2D eigenvalue weighted by atomic mass is 16.2. The van der Waals surface area contributed by atoms with Crippen LogP contribution in [0.2, 0.25) is 0 Å². The first-order valence-electron chi connectivity index (χ1n) is 8.16. The van der Waals surface area contributed by atoms with Gasteiger partial charge < -0.3 is 16.0 Å². The first-order chi connectivity index (χ1) is 12.4. The number of nitrogens with one attached hydrogen (secondary N) is 2. The number of aromatic amines is 1. The number of pyridine rings is 2. The van der Waals surface area contributed by atoms with Crippen LogP contribution < -0.4 is 11.1 Å². The van der Waals surface area contributed by atoms with E-state index in [2.05, 4.69) is 20.3 Å². The number of rotatable bonds is 5. The lowest BCUT2D eigenvalue weighted by molar-refractivity contribution is -0.113. The molecule has 3 rings (SSSR count). The number of carbonyl (C=O) groups excluding carboxylic acids is 2. The molecule has 4 N–H and O–H groups in total. The van der Waals surface area contributed by atoms with Crippen molar-refractivity contribution < 1.29 is 9.59 Å².